The molecule has 3 nitrogen and oxygen atoms in total. The van der Waals surface area contributed by atoms with E-state index in [1.807, 2.05) is 6.92 Å². The highest BCUT2D eigenvalue weighted by Crippen LogP contribution is 2.12. The molecule has 0 aliphatic rings. The molecule has 60 valence electrons. The highest BCUT2D eigenvalue weighted by Gasteiger charge is 2.03. The lowest BCUT2D eigenvalue weighted by molar-refractivity contribution is -0.136. The molecule has 0 amide bonds. The van der Waals surface area contributed by atoms with Crippen LogP contribution in [-0.4, -0.2) is 15.4 Å². The maximum absolute atomic E-state index is 10.2. The van der Waals surface area contributed by atoms with Crippen LogP contribution in [0, 0.1) is 6.92 Å². The second kappa shape index (κ2) is 3.48. The Bertz CT molecular complexity index is 257. The lowest BCUT2D eigenvalue weighted by Crippen LogP contribution is -1.97. The molecule has 1 rings (SSSR count). The number of carboxylic acids is 1. The van der Waals surface area contributed by atoms with Crippen LogP contribution in [0.4, 0.5) is 0 Å². The summed E-state index contributed by atoms with van der Waals surface area (Å²) in [6, 6.07) is 0. The summed E-state index contributed by atoms with van der Waals surface area (Å²) in [6.07, 6.45) is 2.53. The fourth-order valence-corrected chi connectivity index (χ4v) is 1.41. The average Bonchev–Trinajstić information content (AvgIpc) is 2.31. The number of hydrogen-bond acceptors (Lipinski definition) is 3. The average molecular weight is 171 g/mol. The van der Waals surface area contributed by atoms with Crippen molar-refractivity contribution in [1.82, 2.24) is 4.37 Å². The smallest absolute Gasteiger partial charge is 0.303 e. The molecular formula is C7H9NO2S. The molecule has 1 heterocycles. The second-order valence-electron chi connectivity index (χ2n) is 2.30. The Balaban J connectivity index is 2.51. The molecular weight excluding hydrogens is 162 g/mol. The van der Waals surface area contributed by atoms with Crippen molar-refractivity contribution in [2.45, 2.75) is 19.8 Å². The van der Waals surface area contributed by atoms with Crippen molar-refractivity contribution in [3.63, 3.8) is 0 Å². The van der Waals surface area contributed by atoms with Gasteiger partial charge in [0.15, 0.2) is 0 Å². The first-order valence-electron chi connectivity index (χ1n) is 3.32. The summed E-state index contributed by atoms with van der Waals surface area (Å²) in [5.41, 5.74) is 1.05. The van der Waals surface area contributed by atoms with E-state index < -0.39 is 5.97 Å². The number of nitrogens with zero attached hydrogens (tertiary/aromatic N) is 1. The summed E-state index contributed by atoms with van der Waals surface area (Å²) >= 11 is 1.41. The van der Waals surface area contributed by atoms with Gasteiger partial charge < -0.3 is 5.11 Å². The van der Waals surface area contributed by atoms with Crippen LogP contribution in [0.2, 0.25) is 0 Å². The van der Waals surface area contributed by atoms with Gasteiger partial charge in [-0.3, -0.25) is 4.79 Å². The van der Waals surface area contributed by atoms with E-state index in [1.165, 1.54) is 11.5 Å². The van der Waals surface area contributed by atoms with E-state index in [0.717, 1.165) is 10.4 Å². The van der Waals surface area contributed by atoms with Crippen molar-refractivity contribution in [1.29, 1.82) is 0 Å². The zero-order valence-corrected chi connectivity index (χ0v) is 7.02. The molecule has 0 bridgehead atoms. The Hall–Kier alpha value is -0.900. The van der Waals surface area contributed by atoms with Gasteiger partial charge in [-0.2, -0.15) is 0 Å². The summed E-state index contributed by atoms with van der Waals surface area (Å²) in [4.78, 5) is 11.3. The number of aromatic nitrogens is 1. The van der Waals surface area contributed by atoms with E-state index in [-0.39, 0.29) is 6.42 Å². The first kappa shape index (κ1) is 8.20. The minimum atomic E-state index is -0.754. The fraction of sp³-hybridized carbons (Fsp3) is 0.429. The number of carbonyl (C=O) groups is 1. The number of aliphatic carboxylic acids is 1. The topological polar surface area (TPSA) is 50.2 Å². The zero-order valence-electron chi connectivity index (χ0n) is 6.20. The van der Waals surface area contributed by atoms with E-state index in [0.29, 0.717) is 6.42 Å². The van der Waals surface area contributed by atoms with Crippen LogP contribution in [-0.2, 0) is 11.2 Å². The minimum absolute atomic E-state index is 0.194. The SMILES string of the molecule is Cc1sncc1CCC(=O)O. The van der Waals surface area contributed by atoms with Gasteiger partial charge in [0.05, 0.1) is 0 Å². The first-order chi connectivity index (χ1) is 5.20. The third-order valence-electron chi connectivity index (χ3n) is 1.46. The molecule has 0 radical (unpaired) electrons. The molecule has 1 aromatic rings. The lowest BCUT2D eigenvalue weighted by Gasteiger charge is -1.93. The molecule has 0 atom stereocenters. The van der Waals surface area contributed by atoms with Gasteiger partial charge in [-0.15, -0.1) is 0 Å². The Kier molecular flexibility index (Phi) is 2.59. The van der Waals surface area contributed by atoms with E-state index in [1.54, 1.807) is 6.20 Å². The monoisotopic (exact) mass is 171 g/mol. The molecule has 1 aromatic heterocycles. The molecule has 0 aliphatic heterocycles. The van der Waals surface area contributed by atoms with Crippen LogP contribution >= 0.6 is 11.5 Å². The standard InChI is InChI=1S/C7H9NO2S/c1-5-6(4-8-11-5)2-3-7(9)10/h4H,2-3H2,1H3,(H,9,10). The van der Waals surface area contributed by atoms with Crippen molar-refractivity contribution in [2.75, 3.05) is 0 Å². The van der Waals surface area contributed by atoms with E-state index in [9.17, 15) is 4.79 Å². The molecule has 0 aliphatic carbocycles. The van der Waals surface area contributed by atoms with Gasteiger partial charge in [0.2, 0.25) is 0 Å². The van der Waals surface area contributed by atoms with Gasteiger partial charge in [-0.1, -0.05) is 0 Å². The van der Waals surface area contributed by atoms with E-state index >= 15 is 0 Å². The van der Waals surface area contributed by atoms with Crippen LogP contribution in [0.15, 0.2) is 6.20 Å². The summed E-state index contributed by atoms with van der Waals surface area (Å²) in [7, 11) is 0. The van der Waals surface area contributed by atoms with E-state index in [4.69, 9.17) is 5.11 Å². The van der Waals surface area contributed by atoms with Crippen molar-refractivity contribution in [2.24, 2.45) is 0 Å². The van der Waals surface area contributed by atoms with Crippen molar-refractivity contribution < 1.29 is 9.90 Å². The number of aryl methyl sites for hydroxylation is 2. The molecule has 0 saturated carbocycles. The van der Waals surface area contributed by atoms with Crippen LogP contribution in [0.25, 0.3) is 0 Å². The van der Waals surface area contributed by atoms with Gasteiger partial charge in [0.1, 0.15) is 0 Å². The minimum Gasteiger partial charge on any atom is -0.481 e. The van der Waals surface area contributed by atoms with E-state index in [2.05, 4.69) is 4.37 Å². The molecule has 0 spiro atoms. The molecule has 0 fully saturated rings. The summed E-state index contributed by atoms with van der Waals surface area (Å²) in [5.74, 6) is -0.754. The summed E-state index contributed by atoms with van der Waals surface area (Å²) < 4.78 is 3.95. The quantitative estimate of drug-likeness (QED) is 0.749. The normalized spacial score (nSPS) is 9.91. The number of hydrogen-bond donors (Lipinski definition) is 1. The van der Waals surface area contributed by atoms with Gasteiger partial charge in [-0.05, 0) is 30.4 Å². The lowest BCUT2D eigenvalue weighted by atomic mass is 10.2. The maximum Gasteiger partial charge on any atom is 0.303 e. The number of carboxylic acid groups (broad SMARTS) is 1. The summed E-state index contributed by atoms with van der Waals surface area (Å²) in [5, 5.41) is 8.39. The molecule has 4 heteroatoms. The third-order valence-corrected chi connectivity index (χ3v) is 2.21. The zero-order chi connectivity index (χ0) is 8.27. The Labute approximate surface area is 68.8 Å². The highest BCUT2D eigenvalue weighted by molar-refractivity contribution is 7.05. The number of rotatable bonds is 3. The Morgan fingerprint density at radius 1 is 1.82 bits per heavy atom. The molecule has 1 N–H and O–H groups in total. The van der Waals surface area contributed by atoms with Crippen molar-refractivity contribution >= 4 is 17.5 Å². The van der Waals surface area contributed by atoms with Crippen molar-refractivity contribution in [3.05, 3.63) is 16.6 Å². The predicted molar refractivity (Wildman–Crippen MR) is 42.8 cm³/mol. The summed E-state index contributed by atoms with van der Waals surface area (Å²) in [6.45, 7) is 1.95. The van der Waals surface area contributed by atoms with Gasteiger partial charge in [0, 0.05) is 17.5 Å². The van der Waals surface area contributed by atoms with Crippen LogP contribution in [0.1, 0.15) is 16.9 Å². The third kappa shape index (κ3) is 2.31. The van der Waals surface area contributed by atoms with Crippen LogP contribution in [0.5, 0.6) is 0 Å². The van der Waals surface area contributed by atoms with Crippen LogP contribution in [0.3, 0.4) is 0 Å². The predicted octanol–water partition coefficient (Wildman–Crippen LogP) is 1.47. The maximum atomic E-state index is 10.2. The Morgan fingerprint density at radius 3 is 3.00 bits per heavy atom. The molecule has 11 heavy (non-hydrogen) atoms. The molecule has 0 saturated heterocycles. The Morgan fingerprint density at radius 2 is 2.55 bits per heavy atom. The molecule has 0 aromatic carbocycles. The highest BCUT2D eigenvalue weighted by atomic mass is 32.1. The van der Waals surface area contributed by atoms with Crippen molar-refractivity contribution in [3.8, 4) is 0 Å². The van der Waals surface area contributed by atoms with Gasteiger partial charge >= 0.3 is 5.97 Å². The molecule has 0 unspecified atom stereocenters. The first-order valence-corrected chi connectivity index (χ1v) is 4.09. The second-order valence-corrected chi connectivity index (χ2v) is 3.31. The van der Waals surface area contributed by atoms with Crippen LogP contribution < -0.4 is 0 Å². The van der Waals surface area contributed by atoms with Gasteiger partial charge in [0.25, 0.3) is 0 Å². The fourth-order valence-electron chi connectivity index (χ4n) is 0.801. The largest absolute Gasteiger partial charge is 0.481 e. The van der Waals surface area contributed by atoms with Gasteiger partial charge in [-0.25, -0.2) is 4.37 Å².